The highest BCUT2D eigenvalue weighted by Crippen LogP contribution is 2.26. The van der Waals surface area contributed by atoms with Gasteiger partial charge in [-0.15, -0.1) is 0 Å². The molecule has 0 radical (unpaired) electrons. The van der Waals surface area contributed by atoms with Gasteiger partial charge in [0.05, 0.1) is 12.7 Å². The number of benzene rings is 2. The number of carbonyl (C=O) groups is 2. The van der Waals surface area contributed by atoms with E-state index in [1.807, 2.05) is 19.9 Å². The van der Waals surface area contributed by atoms with E-state index in [1.54, 1.807) is 18.2 Å². The van der Waals surface area contributed by atoms with Crippen LogP contribution in [0.5, 0.6) is 5.75 Å². The lowest BCUT2D eigenvalue weighted by Gasteiger charge is -2.21. The number of amides is 1. The molecule has 1 amide bonds. The largest absolute Gasteiger partial charge is 0.481 e. The van der Waals surface area contributed by atoms with Crippen LogP contribution < -0.4 is 10.1 Å². The van der Waals surface area contributed by atoms with Gasteiger partial charge >= 0.3 is 5.97 Å². The van der Waals surface area contributed by atoms with Gasteiger partial charge in [-0.05, 0) is 80.0 Å². The van der Waals surface area contributed by atoms with Crippen LogP contribution in [-0.4, -0.2) is 25.1 Å². The lowest BCUT2D eigenvalue weighted by molar-refractivity contribution is -0.122. The molecule has 0 saturated heterocycles. The maximum atomic E-state index is 12.8. The number of rotatable bonds is 6. The molecule has 1 N–H and O–H groups in total. The lowest BCUT2D eigenvalue weighted by Crippen LogP contribution is -2.32. The average Bonchev–Trinajstić information content (AvgIpc) is 2.72. The van der Waals surface area contributed by atoms with Crippen LogP contribution in [0.25, 0.3) is 0 Å². The Kier molecular flexibility index (Phi) is 6.34. The summed E-state index contributed by atoms with van der Waals surface area (Å²) in [6.45, 7) is 3.79. The number of ether oxygens (including phenoxy) is 2. The summed E-state index contributed by atoms with van der Waals surface area (Å²) in [7, 11) is 1.33. The second-order valence-electron chi connectivity index (χ2n) is 7.16. The molecule has 0 spiro atoms. The van der Waals surface area contributed by atoms with E-state index in [-0.39, 0.29) is 5.91 Å². The Hall–Kier alpha value is -2.82. The number of esters is 1. The van der Waals surface area contributed by atoms with Crippen LogP contribution in [0.4, 0.5) is 5.69 Å². The van der Waals surface area contributed by atoms with Crippen molar-refractivity contribution in [1.29, 1.82) is 0 Å². The summed E-state index contributed by atoms with van der Waals surface area (Å²) in [4.78, 5) is 24.5. The first-order chi connectivity index (χ1) is 13.5. The molecule has 0 bridgehead atoms. The first-order valence-electron chi connectivity index (χ1n) is 9.80. The molecule has 0 aromatic heterocycles. The molecule has 0 fully saturated rings. The summed E-state index contributed by atoms with van der Waals surface area (Å²) >= 11 is 0. The highest BCUT2D eigenvalue weighted by molar-refractivity contribution is 5.97. The fraction of sp³-hybridized carbons (Fsp3) is 0.391. The second-order valence-corrected chi connectivity index (χ2v) is 7.16. The molecule has 2 aromatic carbocycles. The number of fused-ring (bicyclic) bond motifs is 1. The van der Waals surface area contributed by atoms with Gasteiger partial charge in [0.25, 0.3) is 5.91 Å². The monoisotopic (exact) mass is 381 g/mol. The van der Waals surface area contributed by atoms with E-state index in [1.165, 1.54) is 31.1 Å². The van der Waals surface area contributed by atoms with E-state index in [0.717, 1.165) is 24.2 Å². The minimum absolute atomic E-state index is 0.231. The van der Waals surface area contributed by atoms with Crippen molar-refractivity contribution in [2.45, 2.75) is 52.1 Å². The molecular formula is C23H27NO4. The predicted octanol–water partition coefficient (Wildman–Crippen LogP) is 4.46. The van der Waals surface area contributed by atoms with Crippen molar-refractivity contribution in [3.63, 3.8) is 0 Å². The van der Waals surface area contributed by atoms with Crippen LogP contribution in [0.15, 0.2) is 36.4 Å². The Labute approximate surface area is 166 Å². The van der Waals surface area contributed by atoms with Crippen molar-refractivity contribution in [1.82, 2.24) is 0 Å². The van der Waals surface area contributed by atoms with E-state index >= 15 is 0 Å². The number of nitrogens with one attached hydrogen (secondary N) is 1. The molecule has 1 aliphatic carbocycles. The van der Waals surface area contributed by atoms with Crippen molar-refractivity contribution < 1.29 is 19.1 Å². The smallest absolute Gasteiger partial charge is 0.337 e. The Morgan fingerprint density at radius 3 is 2.54 bits per heavy atom. The van der Waals surface area contributed by atoms with Gasteiger partial charge in [0.15, 0.2) is 6.10 Å². The van der Waals surface area contributed by atoms with Crippen molar-refractivity contribution in [2.24, 2.45) is 0 Å². The highest BCUT2D eigenvalue weighted by Gasteiger charge is 2.21. The maximum Gasteiger partial charge on any atom is 0.337 e. The molecule has 5 nitrogen and oxygen atoms in total. The van der Waals surface area contributed by atoms with Gasteiger partial charge in [-0.1, -0.05) is 19.1 Å². The third-order valence-corrected chi connectivity index (χ3v) is 5.18. The molecule has 28 heavy (non-hydrogen) atoms. The summed E-state index contributed by atoms with van der Waals surface area (Å²) in [6.07, 6.45) is 4.54. The van der Waals surface area contributed by atoms with E-state index in [9.17, 15) is 9.59 Å². The van der Waals surface area contributed by atoms with Gasteiger partial charge in [0.2, 0.25) is 0 Å². The molecule has 3 rings (SSSR count). The summed E-state index contributed by atoms with van der Waals surface area (Å²) < 4.78 is 10.8. The fourth-order valence-corrected chi connectivity index (χ4v) is 3.48. The molecule has 0 aliphatic heterocycles. The fourth-order valence-electron chi connectivity index (χ4n) is 3.48. The van der Waals surface area contributed by atoms with Crippen LogP contribution in [-0.2, 0) is 22.4 Å². The Morgan fingerprint density at radius 1 is 1.07 bits per heavy atom. The van der Waals surface area contributed by atoms with Crippen LogP contribution in [0.2, 0.25) is 0 Å². The van der Waals surface area contributed by atoms with E-state index in [4.69, 9.17) is 9.47 Å². The van der Waals surface area contributed by atoms with Crippen molar-refractivity contribution in [2.75, 3.05) is 12.4 Å². The molecule has 1 atom stereocenters. The number of methoxy groups -OCH3 is 1. The minimum atomic E-state index is -0.608. The predicted molar refractivity (Wildman–Crippen MR) is 109 cm³/mol. The van der Waals surface area contributed by atoms with Crippen molar-refractivity contribution >= 4 is 17.6 Å². The summed E-state index contributed by atoms with van der Waals surface area (Å²) in [5.74, 6) is 0.0564. The van der Waals surface area contributed by atoms with Gasteiger partial charge in [-0.25, -0.2) is 4.79 Å². The standard InChI is InChI=1S/C23H27NO4/c1-4-21(28-19-12-11-16-7-5-6-8-17(16)13-19)22(25)24-20-14-18(23(26)27-3)10-9-15(20)2/h9-14,21H,4-8H2,1-3H3,(H,24,25)/t21-/m0/s1. The summed E-state index contributed by atoms with van der Waals surface area (Å²) in [5, 5.41) is 2.89. The third kappa shape index (κ3) is 4.53. The second kappa shape index (κ2) is 8.91. The third-order valence-electron chi connectivity index (χ3n) is 5.18. The van der Waals surface area contributed by atoms with Crippen molar-refractivity contribution in [3.8, 4) is 5.75 Å². The summed E-state index contributed by atoms with van der Waals surface area (Å²) in [6, 6.07) is 11.2. The molecule has 2 aromatic rings. The quantitative estimate of drug-likeness (QED) is 0.751. The van der Waals surface area contributed by atoms with Crippen molar-refractivity contribution in [3.05, 3.63) is 58.7 Å². The minimum Gasteiger partial charge on any atom is -0.481 e. The van der Waals surface area contributed by atoms with E-state index in [0.29, 0.717) is 17.7 Å². The van der Waals surface area contributed by atoms with Gasteiger partial charge in [-0.3, -0.25) is 4.79 Å². The normalized spacial score (nSPS) is 14.0. The lowest BCUT2D eigenvalue weighted by atomic mass is 9.92. The van der Waals surface area contributed by atoms with Crippen LogP contribution in [0.3, 0.4) is 0 Å². The molecule has 0 saturated carbocycles. The molecule has 0 heterocycles. The van der Waals surface area contributed by atoms with Crippen LogP contribution >= 0.6 is 0 Å². The number of anilines is 1. The van der Waals surface area contributed by atoms with Crippen LogP contribution in [0.1, 0.15) is 53.2 Å². The zero-order valence-electron chi connectivity index (χ0n) is 16.7. The highest BCUT2D eigenvalue weighted by atomic mass is 16.5. The molecule has 148 valence electrons. The molecule has 1 aliphatic rings. The first kappa shape index (κ1) is 19.9. The SMILES string of the molecule is CC[C@H](Oc1ccc2c(c1)CCCC2)C(=O)Nc1cc(C(=O)OC)ccc1C. The van der Waals surface area contributed by atoms with Gasteiger partial charge in [-0.2, -0.15) is 0 Å². The Morgan fingerprint density at radius 2 is 1.82 bits per heavy atom. The van der Waals surface area contributed by atoms with Crippen LogP contribution in [0, 0.1) is 6.92 Å². The number of aryl methyl sites for hydroxylation is 3. The Bertz CT molecular complexity index is 875. The topological polar surface area (TPSA) is 64.6 Å². The Balaban J connectivity index is 1.73. The summed E-state index contributed by atoms with van der Waals surface area (Å²) in [5.41, 5.74) is 4.55. The zero-order chi connectivity index (χ0) is 20.1. The van der Waals surface area contributed by atoms with Gasteiger partial charge in [0, 0.05) is 5.69 Å². The van der Waals surface area contributed by atoms with E-state index in [2.05, 4.69) is 17.4 Å². The molecule has 5 heteroatoms. The first-order valence-corrected chi connectivity index (χ1v) is 9.80. The zero-order valence-corrected chi connectivity index (χ0v) is 16.7. The molecule has 0 unspecified atom stereocenters. The van der Waals surface area contributed by atoms with Gasteiger partial charge < -0.3 is 14.8 Å². The average molecular weight is 381 g/mol. The maximum absolute atomic E-state index is 12.8. The van der Waals surface area contributed by atoms with E-state index < -0.39 is 12.1 Å². The number of hydrogen-bond acceptors (Lipinski definition) is 4. The molecular weight excluding hydrogens is 354 g/mol. The van der Waals surface area contributed by atoms with Gasteiger partial charge in [0.1, 0.15) is 5.75 Å². The number of hydrogen-bond donors (Lipinski definition) is 1. The number of carbonyl (C=O) groups excluding carboxylic acids is 2.